The molecule has 2 N–H and O–H groups in total. The van der Waals surface area contributed by atoms with Gasteiger partial charge in [-0.2, -0.15) is 4.99 Å². The van der Waals surface area contributed by atoms with Gasteiger partial charge in [0.05, 0.1) is 10.7 Å². The van der Waals surface area contributed by atoms with Crippen molar-refractivity contribution in [1.29, 1.82) is 0 Å². The van der Waals surface area contributed by atoms with Crippen molar-refractivity contribution in [2.75, 3.05) is 41.7 Å². The molecule has 2 heterocycles. The van der Waals surface area contributed by atoms with Gasteiger partial charge in [0.2, 0.25) is 17.0 Å². The number of nitrogens with zero attached hydrogens (tertiary/aromatic N) is 5. The van der Waals surface area contributed by atoms with Gasteiger partial charge >= 0.3 is 0 Å². The number of piperazine rings is 1. The lowest BCUT2D eigenvalue weighted by atomic mass is 10.2. The van der Waals surface area contributed by atoms with Crippen molar-refractivity contribution >= 4 is 75.4 Å². The Morgan fingerprint density at radius 2 is 1.49 bits per heavy atom. The number of nitrogens with one attached hydrogen (secondary N) is 2. The summed E-state index contributed by atoms with van der Waals surface area (Å²) in [5, 5.41) is 8.32. The zero-order valence-corrected chi connectivity index (χ0v) is 22.3. The summed E-state index contributed by atoms with van der Waals surface area (Å²) in [6.07, 6.45) is 0. The third-order valence-corrected chi connectivity index (χ3v) is 6.35. The summed E-state index contributed by atoms with van der Waals surface area (Å²) in [4.78, 5) is 18.1. The molecule has 0 amide bonds. The van der Waals surface area contributed by atoms with Crippen LogP contribution in [0.2, 0.25) is 15.1 Å². The molecule has 182 valence electrons. The summed E-state index contributed by atoms with van der Waals surface area (Å²) in [6.45, 7) is 6.91. The van der Waals surface area contributed by atoms with E-state index in [4.69, 9.17) is 47.0 Å². The first-order chi connectivity index (χ1) is 16.8. The summed E-state index contributed by atoms with van der Waals surface area (Å²) < 4.78 is 0. The molecular formula is C24H24Cl3N7S. The second kappa shape index (κ2) is 11.4. The maximum absolute atomic E-state index is 6.29. The number of aryl methyl sites for hydroxylation is 2. The van der Waals surface area contributed by atoms with Crippen LogP contribution in [0.25, 0.3) is 0 Å². The largest absolute Gasteiger partial charge is 0.368 e. The Kier molecular flexibility index (Phi) is 8.28. The molecule has 0 saturated carbocycles. The molecule has 0 bridgehead atoms. The number of halogens is 3. The highest BCUT2D eigenvalue weighted by Gasteiger charge is 2.22. The molecule has 0 radical (unpaired) electrons. The molecule has 1 aliphatic rings. The fourth-order valence-corrected chi connectivity index (χ4v) is 4.50. The first-order valence-corrected chi connectivity index (χ1v) is 12.5. The Hall–Kier alpha value is -2.65. The van der Waals surface area contributed by atoms with E-state index >= 15 is 0 Å². The number of hydrogen-bond acceptors (Lipinski definition) is 4. The molecule has 0 atom stereocenters. The van der Waals surface area contributed by atoms with Crippen molar-refractivity contribution in [2.45, 2.75) is 13.8 Å². The Morgan fingerprint density at radius 1 is 0.857 bits per heavy atom. The molecule has 35 heavy (non-hydrogen) atoms. The van der Waals surface area contributed by atoms with E-state index in [0.717, 1.165) is 48.3 Å². The van der Waals surface area contributed by atoms with Gasteiger partial charge in [0.1, 0.15) is 0 Å². The average molecular weight is 549 g/mol. The van der Waals surface area contributed by atoms with E-state index in [2.05, 4.69) is 35.4 Å². The van der Waals surface area contributed by atoms with Crippen LogP contribution >= 0.6 is 47.0 Å². The lowest BCUT2D eigenvalue weighted by Crippen LogP contribution is -2.51. The number of aliphatic imine (C=N–C) groups is 1. The fraction of sp³-hybridized carbons (Fsp3) is 0.250. The smallest absolute Gasteiger partial charge is 0.229 e. The van der Waals surface area contributed by atoms with Crippen molar-refractivity contribution in [3.8, 4) is 0 Å². The standard InChI is InChI=1S/C24H24Cl3N7S/c1-15-13-16(2)29-22(28-15)31-23(32-24(35)30-21-8-5-18(26)14-20(21)27)34-11-9-33(10-12-34)19-6-3-17(25)4-7-19/h3-8,13-14H,9-12H2,1-2H3,(H2,28,29,30,31,32,35). The minimum Gasteiger partial charge on any atom is -0.368 e. The molecule has 1 aromatic heterocycles. The number of hydrogen-bond donors (Lipinski definition) is 2. The zero-order valence-electron chi connectivity index (χ0n) is 19.2. The van der Waals surface area contributed by atoms with E-state index in [0.29, 0.717) is 27.6 Å². The number of guanidine groups is 1. The van der Waals surface area contributed by atoms with E-state index in [1.807, 2.05) is 44.2 Å². The van der Waals surface area contributed by atoms with Crippen molar-refractivity contribution in [1.82, 2.24) is 14.9 Å². The highest BCUT2D eigenvalue weighted by atomic mass is 35.5. The highest BCUT2D eigenvalue weighted by Crippen LogP contribution is 2.25. The van der Waals surface area contributed by atoms with E-state index in [1.165, 1.54) is 0 Å². The molecule has 1 saturated heterocycles. The Balaban J connectivity index is 1.54. The maximum Gasteiger partial charge on any atom is 0.229 e. The van der Waals surface area contributed by atoms with E-state index in [1.54, 1.807) is 18.2 Å². The van der Waals surface area contributed by atoms with Crippen LogP contribution in [0, 0.1) is 13.8 Å². The molecule has 1 fully saturated rings. The molecule has 11 heteroatoms. The van der Waals surface area contributed by atoms with Gasteiger partial charge in [-0.1, -0.05) is 34.8 Å². The molecule has 0 unspecified atom stereocenters. The van der Waals surface area contributed by atoms with Crippen molar-refractivity contribution in [3.05, 3.63) is 75.0 Å². The molecule has 1 aliphatic heterocycles. The predicted molar refractivity (Wildman–Crippen MR) is 150 cm³/mol. The topological polar surface area (TPSA) is 68.7 Å². The first-order valence-electron chi connectivity index (χ1n) is 11.0. The monoisotopic (exact) mass is 547 g/mol. The normalized spacial score (nSPS) is 14.1. The van der Waals surface area contributed by atoms with Crippen LogP contribution in [0.3, 0.4) is 0 Å². The fourth-order valence-electron chi connectivity index (χ4n) is 3.72. The van der Waals surface area contributed by atoms with Gasteiger partial charge in [-0.3, -0.25) is 5.32 Å². The SMILES string of the molecule is Cc1cc(C)nc(N/C(=N/C(=S)Nc2ccc(Cl)cc2Cl)N2CCN(c3ccc(Cl)cc3)CC2)n1. The Morgan fingerprint density at radius 3 is 2.11 bits per heavy atom. The third kappa shape index (κ3) is 6.95. The molecule has 3 aromatic rings. The van der Waals surface area contributed by atoms with Gasteiger partial charge in [-0.05, 0) is 74.6 Å². The van der Waals surface area contributed by atoms with Crippen LogP contribution in [-0.2, 0) is 0 Å². The third-order valence-electron chi connectivity index (χ3n) is 5.36. The second-order valence-electron chi connectivity index (χ2n) is 8.04. The number of thiocarbonyl (C=S) groups is 1. The summed E-state index contributed by atoms with van der Waals surface area (Å²) in [5.41, 5.74) is 3.48. The quantitative estimate of drug-likeness (QED) is 0.235. The van der Waals surface area contributed by atoms with Gasteiger partial charge in [0.15, 0.2) is 0 Å². The van der Waals surface area contributed by atoms with Gasteiger partial charge in [-0.15, -0.1) is 0 Å². The van der Waals surface area contributed by atoms with Crippen LogP contribution in [0.4, 0.5) is 17.3 Å². The maximum atomic E-state index is 6.29. The lowest BCUT2D eigenvalue weighted by molar-refractivity contribution is 0.385. The van der Waals surface area contributed by atoms with Crippen molar-refractivity contribution in [3.63, 3.8) is 0 Å². The number of anilines is 3. The van der Waals surface area contributed by atoms with Crippen LogP contribution in [0.15, 0.2) is 53.5 Å². The average Bonchev–Trinajstić information content (AvgIpc) is 2.80. The van der Waals surface area contributed by atoms with Gasteiger partial charge in [0.25, 0.3) is 0 Å². The highest BCUT2D eigenvalue weighted by molar-refractivity contribution is 7.80. The summed E-state index contributed by atoms with van der Waals surface area (Å²) in [6, 6.07) is 14.9. The summed E-state index contributed by atoms with van der Waals surface area (Å²) in [5.74, 6) is 1.03. The number of benzene rings is 2. The zero-order chi connectivity index (χ0) is 24.9. The van der Waals surface area contributed by atoms with Crippen molar-refractivity contribution < 1.29 is 0 Å². The van der Waals surface area contributed by atoms with Crippen LogP contribution < -0.4 is 15.5 Å². The van der Waals surface area contributed by atoms with Gasteiger partial charge in [-0.25, -0.2) is 9.97 Å². The van der Waals surface area contributed by atoms with Crippen LogP contribution in [-0.4, -0.2) is 52.1 Å². The predicted octanol–water partition coefficient (Wildman–Crippen LogP) is 6.04. The Labute approximate surface area is 225 Å². The summed E-state index contributed by atoms with van der Waals surface area (Å²) >= 11 is 23.9. The molecular weight excluding hydrogens is 525 g/mol. The minimum absolute atomic E-state index is 0.251. The Bertz CT molecular complexity index is 1220. The number of aromatic nitrogens is 2. The molecule has 0 aliphatic carbocycles. The summed E-state index contributed by atoms with van der Waals surface area (Å²) in [7, 11) is 0. The van der Waals surface area contributed by atoms with Crippen LogP contribution in [0.5, 0.6) is 0 Å². The molecule has 0 spiro atoms. The number of rotatable bonds is 3. The van der Waals surface area contributed by atoms with Crippen molar-refractivity contribution in [2.24, 2.45) is 4.99 Å². The minimum atomic E-state index is 0.251. The van der Waals surface area contributed by atoms with E-state index in [9.17, 15) is 0 Å². The first kappa shape index (κ1) is 25.4. The molecule has 4 rings (SSSR count). The molecule has 2 aromatic carbocycles. The van der Waals surface area contributed by atoms with Gasteiger partial charge in [0, 0.05) is 53.3 Å². The van der Waals surface area contributed by atoms with E-state index in [-0.39, 0.29) is 5.11 Å². The van der Waals surface area contributed by atoms with Gasteiger partial charge < -0.3 is 15.1 Å². The lowest BCUT2D eigenvalue weighted by Gasteiger charge is -2.37. The molecule has 7 nitrogen and oxygen atoms in total. The second-order valence-corrected chi connectivity index (χ2v) is 9.71. The van der Waals surface area contributed by atoms with E-state index < -0.39 is 0 Å². The van der Waals surface area contributed by atoms with Crippen LogP contribution in [0.1, 0.15) is 11.4 Å².